The summed E-state index contributed by atoms with van der Waals surface area (Å²) >= 11 is 0. The van der Waals surface area contributed by atoms with E-state index in [9.17, 15) is 14.4 Å². The molecule has 2 aliphatic heterocycles. The highest BCUT2D eigenvalue weighted by molar-refractivity contribution is 6.00. The first-order valence-corrected chi connectivity index (χ1v) is 11.5. The van der Waals surface area contributed by atoms with Crippen molar-refractivity contribution in [2.24, 2.45) is 0 Å². The van der Waals surface area contributed by atoms with Crippen LogP contribution in [0.15, 0.2) is 48.5 Å². The summed E-state index contributed by atoms with van der Waals surface area (Å²) < 4.78 is 10.9. The molecule has 9 heteroatoms. The molecule has 35 heavy (non-hydrogen) atoms. The van der Waals surface area contributed by atoms with E-state index in [1.54, 1.807) is 53.4 Å². The Morgan fingerprint density at radius 1 is 1.11 bits per heavy atom. The molecule has 2 N–H and O–H groups in total. The molecule has 4 rings (SSSR count). The van der Waals surface area contributed by atoms with Gasteiger partial charge < -0.3 is 29.9 Å². The molecule has 0 aromatic heterocycles. The van der Waals surface area contributed by atoms with Crippen LogP contribution in [0.3, 0.4) is 0 Å². The molecule has 0 unspecified atom stereocenters. The van der Waals surface area contributed by atoms with Gasteiger partial charge in [0, 0.05) is 48.7 Å². The first-order valence-electron chi connectivity index (χ1n) is 11.5. The molecular weight excluding hydrogens is 448 g/mol. The first-order chi connectivity index (χ1) is 17.0. The summed E-state index contributed by atoms with van der Waals surface area (Å²) in [5.41, 5.74) is 2.61. The van der Waals surface area contributed by atoms with E-state index in [1.807, 2.05) is 6.92 Å². The minimum Gasteiger partial charge on any atom is -0.377 e. The highest BCUT2D eigenvalue weighted by Gasteiger charge is 2.40. The summed E-state index contributed by atoms with van der Waals surface area (Å²) in [6.07, 6.45) is 5.54. The second kappa shape index (κ2) is 11.0. The normalized spacial score (nSPS) is 19.8. The minimum absolute atomic E-state index is 0.0626. The fourth-order valence-corrected chi connectivity index (χ4v) is 4.21. The Bertz CT molecular complexity index is 1110. The molecule has 4 amide bonds. The van der Waals surface area contributed by atoms with E-state index >= 15 is 0 Å². The van der Waals surface area contributed by atoms with Crippen LogP contribution in [-0.2, 0) is 19.1 Å². The van der Waals surface area contributed by atoms with Gasteiger partial charge in [0.05, 0.1) is 12.7 Å². The molecule has 182 valence electrons. The fourth-order valence-electron chi connectivity index (χ4n) is 4.21. The third kappa shape index (κ3) is 5.80. The van der Waals surface area contributed by atoms with Crippen LogP contribution in [-0.4, -0.2) is 67.8 Å². The van der Waals surface area contributed by atoms with Crippen LogP contribution in [0.2, 0.25) is 0 Å². The second-order valence-electron chi connectivity index (χ2n) is 8.27. The Kier molecular flexibility index (Phi) is 7.65. The van der Waals surface area contributed by atoms with Crippen molar-refractivity contribution in [3.63, 3.8) is 0 Å². The Labute approximate surface area is 204 Å². The topological polar surface area (TPSA) is 100 Å². The van der Waals surface area contributed by atoms with Crippen molar-refractivity contribution in [1.82, 2.24) is 4.90 Å². The number of urea groups is 1. The van der Waals surface area contributed by atoms with Gasteiger partial charge in [0.25, 0.3) is 5.91 Å². The summed E-state index contributed by atoms with van der Waals surface area (Å²) in [6.45, 7) is 3.71. The third-order valence-corrected chi connectivity index (χ3v) is 5.96. The molecule has 2 heterocycles. The highest BCUT2D eigenvalue weighted by atomic mass is 16.5. The van der Waals surface area contributed by atoms with Crippen LogP contribution in [0.5, 0.6) is 0 Å². The lowest BCUT2D eigenvalue weighted by molar-refractivity contribution is -0.125. The number of ether oxygens (including phenoxy) is 2. The van der Waals surface area contributed by atoms with Crippen LogP contribution >= 0.6 is 0 Å². The van der Waals surface area contributed by atoms with E-state index in [1.165, 1.54) is 4.90 Å². The number of likely N-dealkylation sites (tertiary alicyclic amines) is 1. The van der Waals surface area contributed by atoms with Crippen molar-refractivity contribution in [3.05, 3.63) is 54.1 Å². The maximum Gasteiger partial charge on any atom is 0.322 e. The summed E-state index contributed by atoms with van der Waals surface area (Å²) in [5, 5.41) is 5.71. The largest absolute Gasteiger partial charge is 0.377 e. The van der Waals surface area contributed by atoms with E-state index in [4.69, 9.17) is 15.9 Å². The number of carbonyl (C=O) groups is 3. The number of rotatable bonds is 6. The van der Waals surface area contributed by atoms with Gasteiger partial charge in [-0.05, 0) is 55.5 Å². The Balaban J connectivity index is 1.43. The number of nitrogens with one attached hydrogen (secondary N) is 2. The number of amides is 4. The zero-order chi connectivity index (χ0) is 24.8. The predicted octanol–water partition coefficient (Wildman–Crippen LogP) is 2.68. The average molecular weight is 477 g/mol. The quantitative estimate of drug-likeness (QED) is 0.625. The van der Waals surface area contributed by atoms with E-state index < -0.39 is 6.04 Å². The SMILES string of the molecule is C#Cc1ccc(NC(=O)N2C[C@H](OCC)C[C@H]2C(=O)Nc2ccc(N3CCOCC3=O)cc2)cc1. The molecule has 0 radical (unpaired) electrons. The van der Waals surface area contributed by atoms with Gasteiger partial charge in [0.2, 0.25) is 5.91 Å². The molecule has 0 saturated carbocycles. The molecule has 2 aliphatic rings. The smallest absolute Gasteiger partial charge is 0.322 e. The number of terminal acetylenes is 1. The van der Waals surface area contributed by atoms with Crippen molar-refractivity contribution in [1.29, 1.82) is 0 Å². The van der Waals surface area contributed by atoms with Crippen molar-refractivity contribution in [3.8, 4) is 12.3 Å². The number of carbonyl (C=O) groups excluding carboxylic acids is 3. The first kappa shape index (κ1) is 24.3. The van der Waals surface area contributed by atoms with Crippen molar-refractivity contribution < 1.29 is 23.9 Å². The van der Waals surface area contributed by atoms with Crippen molar-refractivity contribution in [2.75, 3.05) is 48.4 Å². The van der Waals surface area contributed by atoms with E-state index in [0.29, 0.717) is 49.7 Å². The molecule has 2 atom stereocenters. The zero-order valence-electron chi connectivity index (χ0n) is 19.5. The number of benzene rings is 2. The van der Waals surface area contributed by atoms with Gasteiger partial charge in [-0.1, -0.05) is 5.92 Å². The molecule has 2 saturated heterocycles. The van der Waals surface area contributed by atoms with Crippen LogP contribution < -0.4 is 15.5 Å². The van der Waals surface area contributed by atoms with Crippen LogP contribution in [0.1, 0.15) is 18.9 Å². The summed E-state index contributed by atoms with van der Waals surface area (Å²) in [4.78, 5) is 41.4. The molecule has 2 aromatic carbocycles. The van der Waals surface area contributed by atoms with E-state index in [-0.39, 0.29) is 30.6 Å². The van der Waals surface area contributed by atoms with Gasteiger partial charge in [-0.2, -0.15) is 0 Å². The monoisotopic (exact) mass is 476 g/mol. The lowest BCUT2D eigenvalue weighted by atomic mass is 10.1. The van der Waals surface area contributed by atoms with Crippen molar-refractivity contribution in [2.45, 2.75) is 25.5 Å². The van der Waals surface area contributed by atoms with Gasteiger partial charge in [-0.15, -0.1) is 6.42 Å². The number of nitrogens with zero attached hydrogens (tertiary/aromatic N) is 2. The molecule has 0 aliphatic carbocycles. The Morgan fingerprint density at radius 3 is 2.46 bits per heavy atom. The minimum atomic E-state index is -0.697. The summed E-state index contributed by atoms with van der Waals surface area (Å²) in [7, 11) is 0. The molecule has 0 bridgehead atoms. The summed E-state index contributed by atoms with van der Waals surface area (Å²) in [6, 6.07) is 12.9. The number of hydrogen-bond donors (Lipinski definition) is 2. The second-order valence-corrected chi connectivity index (χ2v) is 8.27. The van der Waals surface area contributed by atoms with E-state index in [2.05, 4.69) is 16.6 Å². The van der Waals surface area contributed by atoms with Gasteiger partial charge in [-0.3, -0.25) is 9.59 Å². The van der Waals surface area contributed by atoms with Crippen LogP contribution in [0.4, 0.5) is 21.9 Å². The van der Waals surface area contributed by atoms with Crippen LogP contribution in [0, 0.1) is 12.3 Å². The molecular formula is C26H28N4O5. The average Bonchev–Trinajstić information content (AvgIpc) is 3.30. The number of hydrogen-bond acceptors (Lipinski definition) is 5. The molecule has 2 fully saturated rings. The van der Waals surface area contributed by atoms with Gasteiger partial charge >= 0.3 is 6.03 Å². The fraction of sp³-hybridized carbons (Fsp3) is 0.346. The van der Waals surface area contributed by atoms with Gasteiger partial charge in [0.1, 0.15) is 12.6 Å². The summed E-state index contributed by atoms with van der Waals surface area (Å²) in [5.74, 6) is 2.13. The maximum absolute atomic E-state index is 13.2. The Hall–Kier alpha value is -3.87. The maximum atomic E-state index is 13.2. The third-order valence-electron chi connectivity index (χ3n) is 5.96. The lowest BCUT2D eigenvalue weighted by Gasteiger charge is -2.27. The van der Waals surface area contributed by atoms with Crippen molar-refractivity contribution >= 4 is 34.9 Å². The van der Waals surface area contributed by atoms with E-state index in [0.717, 1.165) is 5.69 Å². The Morgan fingerprint density at radius 2 is 1.80 bits per heavy atom. The number of morpholine rings is 1. The van der Waals surface area contributed by atoms with Gasteiger partial charge in [0.15, 0.2) is 0 Å². The standard InChI is InChI=1S/C26H28N4O5/c1-3-18-5-7-20(8-6-18)28-26(33)30-16-22(35-4-2)15-23(30)25(32)27-19-9-11-21(12-10-19)29-13-14-34-17-24(29)31/h1,5-12,22-23H,4,13-17H2,2H3,(H,27,32)(H,28,33)/t22-,23+/m1/s1. The molecule has 9 nitrogen and oxygen atoms in total. The van der Waals surface area contributed by atoms with Crippen LogP contribution in [0.25, 0.3) is 0 Å². The molecule has 2 aromatic rings. The zero-order valence-corrected chi connectivity index (χ0v) is 19.5. The highest BCUT2D eigenvalue weighted by Crippen LogP contribution is 2.25. The predicted molar refractivity (Wildman–Crippen MR) is 132 cm³/mol. The molecule has 0 spiro atoms. The van der Waals surface area contributed by atoms with Gasteiger partial charge in [-0.25, -0.2) is 4.79 Å². The lowest BCUT2D eigenvalue weighted by Crippen LogP contribution is -2.45. The number of anilines is 3.